The topological polar surface area (TPSA) is 104 Å². The number of aliphatic hydroxyl groups is 1. The Morgan fingerprint density at radius 3 is 2.57 bits per heavy atom. The van der Waals surface area contributed by atoms with Gasteiger partial charge in [-0.05, 0) is 53.9 Å². The number of fused-ring (bicyclic) bond motifs is 1. The highest BCUT2D eigenvalue weighted by atomic mass is 32.2. The fourth-order valence-electron chi connectivity index (χ4n) is 3.51. The minimum absolute atomic E-state index is 0.0167. The quantitative estimate of drug-likeness (QED) is 0.581. The zero-order valence-corrected chi connectivity index (χ0v) is 18.5. The van der Waals surface area contributed by atoms with Crippen molar-refractivity contribution in [2.45, 2.75) is 23.8 Å². The minimum Gasteiger partial charge on any atom is -0.387 e. The van der Waals surface area contributed by atoms with E-state index in [2.05, 4.69) is 4.72 Å². The van der Waals surface area contributed by atoms with E-state index in [0.717, 1.165) is 16.5 Å². The average Bonchev–Trinajstić information content (AvgIpc) is 3.16. The van der Waals surface area contributed by atoms with Crippen LogP contribution in [0, 0.1) is 0 Å². The maximum atomic E-state index is 12.6. The van der Waals surface area contributed by atoms with Crippen LogP contribution in [0.1, 0.15) is 24.5 Å². The Kier molecular flexibility index (Phi) is 5.86. The number of sulfonamides is 2. The number of benzene rings is 2. The largest absolute Gasteiger partial charge is 0.387 e. The van der Waals surface area contributed by atoms with Gasteiger partial charge in [0, 0.05) is 23.4 Å². The smallest absolute Gasteiger partial charge is 0.240 e. The fourth-order valence-corrected chi connectivity index (χ4v) is 7.19. The number of rotatable bonds is 6. The third-order valence-electron chi connectivity index (χ3n) is 5.12. The standard InChI is InChI=1S/C20H22N2O5S3/c23-19(18-14-28-20-6-2-1-5-17(18)20)13-21-30(26,27)16-9-7-15(8-10-16)22-11-3-4-12-29(22,24)25/h1-2,5-10,14,19,21,23H,3-4,11-13H2. The highest BCUT2D eigenvalue weighted by Gasteiger charge is 2.26. The van der Waals surface area contributed by atoms with E-state index in [4.69, 9.17) is 0 Å². The molecule has 4 rings (SSSR count). The molecule has 0 radical (unpaired) electrons. The normalized spacial score (nSPS) is 17.8. The van der Waals surface area contributed by atoms with Gasteiger partial charge in [-0.2, -0.15) is 0 Å². The monoisotopic (exact) mass is 466 g/mol. The van der Waals surface area contributed by atoms with Crippen LogP contribution in [0.25, 0.3) is 10.1 Å². The Bertz CT molecular complexity index is 1250. The van der Waals surface area contributed by atoms with E-state index >= 15 is 0 Å². The molecule has 1 fully saturated rings. The second kappa shape index (κ2) is 8.27. The van der Waals surface area contributed by atoms with Crippen molar-refractivity contribution in [3.63, 3.8) is 0 Å². The Morgan fingerprint density at radius 1 is 1.10 bits per heavy atom. The molecule has 7 nitrogen and oxygen atoms in total. The van der Waals surface area contributed by atoms with Crippen molar-refractivity contribution in [1.29, 1.82) is 0 Å². The Labute approximate surface area is 180 Å². The number of nitrogens with one attached hydrogen (secondary N) is 1. The van der Waals surface area contributed by atoms with Gasteiger partial charge in [0.15, 0.2) is 0 Å². The van der Waals surface area contributed by atoms with Gasteiger partial charge in [-0.1, -0.05) is 18.2 Å². The number of anilines is 1. The molecule has 2 heterocycles. The molecule has 30 heavy (non-hydrogen) atoms. The molecular formula is C20H22N2O5S3. The number of thiophene rings is 1. The molecule has 0 spiro atoms. The van der Waals surface area contributed by atoms with E-state index in [1.54, 1.807) is 0 Å². The van der Waals surface area contributed by atoms with Gasteiger partial charge in [0.1, 0.15) is 0 Å². The van der Waals surface area contributed by atoms with Crippen molar-refractivity contribution < 1.29 is 21.9 Å². The zero-order chi connectivity index (χ0) is 21.4. The average molecular weight is 467 g/mol. The highest BCUT2D eigenvalue weighted by molar-refractivity contribution is 7.92. The predicted octanol–water partition coefficient (Wildman–Crippen LogP) is 2.84. The van der Waals surface area contributed by atoms with Crippen molar-refractivity contribution in [2.75, 3.05) is 23.1 Å². The van der Waals surface area contributed by atoms with Gasteiger partial charge in [0.05, 0.1) is 22.4 Å². The summed E-state index contributed by atoms with van der Waals surface area (Å²) in [7, 11) is -7.20. The first-order chi connectivity index (χ1) is 14.3. The molecule has 0 aliphatic carbocycles. The lowest BCUT2D eigenvalue weighted by Crippen LogP contribution is -2.37. The Morgan fingerprint density at radius 2 is 1.83 bits per heavy atom. The third-order valence-corrected chi connectivity index (χ3v) is 9.41. The summed E-state index contributed by atoms with van der Waals surface area (Å²) in [6, 6.07) is 13.4. The lowest BCUT2D eigenvalue weighted by molar-refractivity contribution is 0.184. The molecule has 1 aliphatic heterocycles. The lowest BCUT2D eigenvalue weighted by atomic mass is 10.1. The summed E-state index contributed by atoms with van der Waals surface area (Å²) in [4.78, 5) is 0.0167. The van der Waals surface area contributed by atoms with E-state index < -0.39 is 26.2 Å². The maximum absolute atomic E-state index is 12.6. The van der Waals surface area contributed by atoms with Crippen LogP contribution in [-0.2, 0) is 20.0 Å². The van der Waals surface area contributed by atoms with E-state index in [1.807, 2.05) is 29.6 Å². The first-order valence-electron chi connectivity index (χ1n) is 9.52. The summed E-state index contributed by atoms with van der Waals surface area (Å²) in [6.07, 6.45) is 0.432. The molecule has 3 aromatic rings. The van der Waals surface area contributed by atoms with E-state index in [-0.39, 0.29) is 17.2 Å². The number of aliphatic hydroxyl groups excluding tert-OH is 1. The molecular weight excluding hydrogens is 444 g/mol. The van der Waals surface area contributed by atoms with Crippen molar-refractivity contribution in [3.05, 3.63) is 59.5 Å². The van der Waals surface area contributed by atoms with Crippen molar-refractivity contribution in [3.8, 4) is 0 Å². The predicted molar refractivity (Wildman–Crippen MR) is 119 cm³/mol. The van der Waals surface area contributed by atoms with Crippen LogP contribution in [0.5, 0.6) is 0 Å². The molecule has 0 bridgehead atoms. The van der Waals surface area contributed by atoms with Crippen LogP contribution in [0.4, 0.5) is 5.69 Å². The molecule has 0 amide bonds. The van der Waals surface area contributed by atoms with Crippen molar-refractivity contribution in [1.82, 2.24) is 4.72 Å². The minimum atomic E-state index is -3.85. The fraction of sp³-hybridized carbons (Fsp3) is 0.300. The number of hydrogen-bond acceptors (Lipinski definition) is 6. The maximum Gasteiger partial charge on any atom is 0.240 e. The summed E-state index contributed by atoms with van der Waals surface area (Å²) in [6.45, 7) is 0.235. The second-order valence-electron chi connectivity index (χ2n) is 7.14. The van der Waals surface area contributed by atoms with Crippen LogP contribution < -0.4 is 9.03 Å². The molecule has 1 aromatic heterocycles. The van der Waals surface area contributed by atoms with Crippen molar-refractivity contribution >= 4 is 47.2 Å². The summed E-state index contributed by atoms with van der Waals surface area (Å²) < 4.78 is 54.5. The van der Waals surface area contributed by atoms with Gasteiger partial charge < -0.3 is 5.11 Å². The summed E-state index contributed by atoms with van der Waals surface area (Å²) in [5, 5.41) is 13.2. The molecule has 0 saturated carbocycles. The zero-order valence-electron chi connectivity index (χ0n) is 16.1. The molecule has 10 heteroatoms. The van der Waals surface area contributed by atoms with Gasteiger partial charge >= 0.3 is 0 Å². The van der Waals surface area contributed by atoms with Crippen LogP contribution >= 0.6 is 11.3 Å². The van der Waals surface area contributed by atoms with Gasteiger partial charge in [-0.3, -0.25) is 4.31 Å². The molecule has 1 saturated heterocycles. The van der Waals surface area contributed by atoms with Gasteiger partial charge in [0.25, 0.3) is 0 Å². The van der Waals surface area contributed by atoms with Gasteiger partial charge in [-0.15, -0.1) is 11.3 Å². The summed E-state index contributed by atoms with van der Waals surface area (Å²) >= 11 is 1.50. The van der Waals surface area contributed by atoms with Gasteiger partial charge in [-0.25, -0.2) is 21.6 Å². The summed E-state index contributed by atoms with van der Waals surface area (Å²) in [5.41, 5.74) is 1.14. The van der Waals surface area contributed by atoms with Crippen molar-refractivity contribution in [2.24, 2.45) is 0 Å². The Balaban J connectivity index is 1.47. The first kappa shape index (κ1) is 21.3. The molecule has 2 aromatic carbocycles. The van der Waals surface area contributed by atoms with Crippen LogP contribution in [0.15, 0.2) is 58.8 Å². The van der Waals surface area contributed by atoms with E-state index in [1.165, 1.54) is 39.9 Å². The Hall–Kier alpha value is -1.98. The second-order valence-corrected chi connectivity index (χ2v) is 11.8. The summed E-state index contributed by atoms with van der Waals surface area (Å²) in [5.74, 6) is 0.101. The molecule has 1 unspecified atom stereocenters. The molecule has 1 aliphatic rings. The number of hydrogen-bond donors (Lipinski definition) is 2. The van der Waals surface area contributed by atoms with Crippen LogP contribution in [0.3, 0.4) is 0 Å². The third kappa shape index (κ3) is 4.23. The molecule has 160 valence electrons. The SMILES string of the molecule is O=S(=O)(NCC(O)c1csc2ccccc12)c1ccc(N2CCCCS2(=O)=O)cc1. The molecule has 1 atom stereocenters. The molecule has 2 N–H and O–H groups in total. The van der Waals surface area contributed by atoms with Crippen LogP contribution in [-0.4, -0.2) is 40.8 Å². The van der Waals surface area contributed by atoms with Gasteiger partial charge in [0.2, 0.25) is 20.0 Å². The van der Waals surface area contributed by atoms with E-state index in [9.17, 15) is 21.9 Å². The number of nitrogens with zero attached hydrogens (tertiary/aromatic N) is 1. The van der Waals surface area contributed by atoms with Crippen LogP contribution in [0.2, 0.25) is 0 Å². The van der Waals surface area contributed by atoms with E-state index in [0.29, 0.717) is 24.2 Å². The lowest BCUT2D eigenvalue weighted by Gasteiger charge is -2.28. The first-order valence-corrected chi connectivity index (χ1v) is 13.5. The highest BCUT2D eigenvalue weighted by Crippen LogP contribution is 2.30.